The molecule has 1 atom stereocenters. The van der Waals surface area contributed by atoms with Crippen molar-refractivity contribution < 1.29 is 13.2 Å². The molecule has 0 saturated carbocycles. The normalized spacial score (nSPS) is 24.3. The Morgan fingerprint density at radius 2 is 2.00 bits per heavy atom. The minimum atomic E-state index is -2.86. The van der Waals surface area contributed by atoms with E-state index in [0.717, 1.165) is 0 Å². The van der Waals surface area contributed by atoms with Gasteiger partial charge in [-0.3, -0.25) is 4.79 Å². The Kier molecular flexibility index (Phi) is 3.99. The molecule has 1 aliphatic rings. The summed E-state index contributed by atoms with van der Waals surface area (Å²) >= 11 is 0. The molecule has 0 radical (unpaired) electrons. The minimum absolute atomic E-state index is 0.0185. The predicted molar refractivity (Wildman–Crippen MR) is 63.8 cm³/mol. The summed E-state index contributed by atoms with van der Waals surface area (Å²) in [6.07, 6.45) is 0.973. The summed E-state index contributed by atoms with van der Waals surface area (Å²) in [5.74, 6) is 0.405. The maximum atomic E-state index is 11.6. The predicted octanol–water partition coefficient (Wildman–Crippen LogP) is 0.974. The molecular weight excluding hydrogens is 226 g/mol. The molecule has 1 unspecified atom stereocenters. The zero-order valence-electron chi connectivity index (χ0n) is 10.2. The first kappa shape index (κ1) is 13.5. The molecule has 94 valence electrons. The van der Waals surface area contributed by atoms with Crippen molar-refractivity contribution in [1.82, 2.24) is 5.32 Å². The molecule has 0 spiro atoms. The second kappa shape index (κ2) is 4.73. The summed E-state index contributed by atoms with van der Waals surface area (Å²) in [6.45, 7) is 6.78. The summed E-state index contributed by atoms with van der Waals surface area (Å²) < 4.78 is 22.4. The van der Waals surface area contributed by atoms with E-state index in [-0.39, 0.29) is 28.7 Å². The van der Waals surface area contributed by atoms with Crippen LogP contribution in [0, 0.1) is 11.3 Å². The maximum absolute atomic E-state index is 11.6. The molecule has 0 aromatic carbocycles. The van der Waals surface area contributed by atoms with Crippen LogP contribution in [-0.2, 0) is 14.6 Å². The molecule has 1 amide bonds. The standard InChI is InChI=1S/C11H21NO3S/c1-11(2,3)8-12-10(13)6-9-4-5-16(14,15)7-9/h9H,4-8H2,1-3H3,(H,12,13). The molecule has 0 aromatic rings. The van der Waals surface area contributed by atoms with E-state index < -0.39 is 9.84 Å². The van der Waals surface area contributed by atoms with Crippen LogP contribution in [0.4, 0.5) is 0 Å². The fraction of sp³-hybridized carbons (Fsp3) is 0.909. The number of amides is 1. The van der Waals surface area contributed by atoms with Gasteiger partial charge in [-0.2, -0.15) is 0 Å². The Balaban J connectivity index is 2.31. The fourth-order valence-corrected chi connectivity index (χ4v) is 3.59. The Morgan fingerprint density at radius 1 is 1.38 bits per heavy atom. The lowest BCUT2D eigenvalue weighted by Crippen LogP contribution is -2.33. The van der Waals surface area contributed by atoms with Crippen LogP contribution in [0.15, 0.2) is 0 Å². The molecule has 0 aromatic heterocycles. The van der Waals surface area contributed by atoms with Crippen LogP contribution in [-0.4, -0.2) is 32.4 Å². The van der Waals surface area contributed by atoms with Gasteiger partial charge in [0.05, 0.1) is 11.5 Å². The Labute approximate surface area is 97.7 Å². The van der Waals surface area contributed by atoms with Gasteiger partial charge in [-0.25, -0.2) is 8.42 Å². The van der Waals surface area contributed by atoms with Gasteiger partial charge in [-0.05, 0) is 17.8 Å². The van der Waals surface area contributed by atoms with Crippen molar-refractivity contribution in [2.75, 3.05) is 18.1 Å². The van der Waals surface area contributed by atoms with E-state index >= 15 is 0 Å². The van der Waals surface area contributed by atoms with Crippen LogP contribution < -0.4 is 5.32 Å². The van der Waals surface area contributed by atoms with E-state index in [1.165, 1.54) is 0 Å². The number of sulfone groups is 1. The Bertz CT molecular complexity index is 354. The maximum Gasteiger partial charge on any atom is 0.220 e. The highest BCUT2D eigenvalue weighted by atomic mass is 32.2. The van der Waals surface area contributed by atoms with Crippen molar-refractivity contribution in [1.29, 1.82) is 0 Å². The van der Waals surface area contributed by atoms with Crippen molar-refractivity contribution in [2.45, 2.75) is 33.6 Å². The first-order valence-electron chi connectivity index (χ1n) is 5.65. The van der Waals surface area contributed by atoms with Crippen LogP contribution >= 0.6 is 0 Å². The number of rotatable bonds is 3. The van der Waals surface area contributed by atoms with Crippen LogP contribution in [0.5, 0.6) is 0 Å². The van der Waals surface area contributed by atoms with Gasteiger partial charge in [0.25, 0.3) is 0 Å². The quantitative estimate of drug-likeness (QED) is 0.808. The summed E-state index contributed by atoms with van der Waals surface area (Å²) in [6, 6.07) is 0. The van der Waals surface area contributed by atoms with Crippen molar-refractivity contribution in [2.24, 2.45) is 11.3 Å². The highest BCUT2D eigenvalue weighted by Crippen LogP contribution is 2.21. The average molecular weight is 247 g/mol. The van der Waals surface area contributed by atoms with Crippen LogP contribution in [0.3, 0.4) is 0 Å². The number of nitrogens with one attached hydrogen (secondary N) is 1. The van der Waals surface area contributed by atoms with E-state index in [4.69, 9.17) is 0 Å². The lowest BCUT2D eigenvalue weighted by Gasteiger charge is -2.19. The fourth-order valence-electron chi connectivity index (χ4n) is 1.73. The molecule has 5 heteroatoms. The van der Waals surface area contributed by atoms with Gasteiger partial charge < -0.3 is 5.32 Å². The van der Waals surface area contributed by atoms with Gasteiger partial charge in [0.2, 0.25) is 5.91 Å². The Hall–Kier alpha value is -0.580. The number of carbonyl (C=O) groups is 1. The second-order valence-electron chi connectivity index (χ2n) is 5.81. The third-order valence-electron chi connectivity index (χ3n) is 2.62. The molecule has 1 N–H and O–H groups in total. The van der Waals surface area contributed by atoms with E-state index in [0.29, 0.717) is 19.4 Å². The topological polar surface area (TPSA) is 63.2 Å². The number of hydrogen-bond acceptors (Lipinski definition) is 3. The Morgan fingerprint density at radius 3 is 2.44 bits per heavy atom. The smallest absolute Gasteiger partial charge is 0.220 e. The van der Waals surface area contributed by atoms with Gasteiger partial charge in [0.15, 0.2) is 9.84 Å². The van der Waals surface area contributed by atoms with E-state index in [1.54, 1.807) is 0 Å². The lowest BCUT2D eigenvalue weighted by molar-refractivity contribution is -0.122. The van der Waals surface area contributed by atoms with Crippen molar-refractivity contribution in [3.8, 4) is 0 Å². The van der Waals surface area contributed by atoms with Crippen LogP contribution in [0.2, 0.25) is 0 Å². The zero-order chi connectivity index (χ0) is 12.4. The second-order valence-corrected chi connectivity index (χ2v) is 8.04. The van der Waals surface area contributed by atoms with Gasteiger partial charge in [-0.15, -0.1) is 0 Å². The average Bonchev–Trinajstić information content (AvgIpc) is 2.41. The molecule has 0 aliphatic carbocycles. The first-order chi connectivity index (χ1) is 7.18. The largest absolute Gasteiger partial charge is 0.356 e. The third kappa shape index (κ3) is 4.96. The van der Waals surface area contributed by atoms with Crippen LogP contribution in [0.1, 0.15) is 33.6 Å². The highest BCUT2D eigenvalue weighted by molar-refractivity contribution is 7.91. The van der Waals surface area contributed by atoms with E-state index in [2.05, 4.69) is 5.32 Å². The monoisotopic (exact) mass is 247 g/mol. The highest BCUT2D eigenvalue weighted by Gasteiger charge is 2.29. The van der Waals surface area contributed by atoms with Crippen molar-refractivity contribution in [3.05, 3.63) is 0 Å². The van der Waals surface area contributed by atoms with Gasteiger partial charge in [0, 0.05) is 13.0 Å². The number of hydrogen-bond donors (Lipinski definition) is 1. The molecule has 0 bridgehead atoms. The van der Waals surface area contributed by atoms with Gasteiger partial charge >= 0.3 is 0 Å². The van der Waals surface area contributed by atoms with Crippen molar-refractivity contribution in [3.63, 3.8) is 0 Å². The summed E-state index contributed by atoms with van der Waals surface area (Å²) in [5.41, 5.74) is 0.0669. The SMILES string of the molecule is CC(C)(C)CNC(=O)CC1CCS(=O)(=O)C1. The molecular formula is C11H21NO3S. The summed E-state index contributed by atoms with van der Waals surface area (Å²) in [7, 11) is -2.86. The van der Waals surface area contributed by atoms with Gasteiger partial charge in [-0.1, -0.05) is 20.8 Å². The van der Waals surface area contributed by atoms with Crippen LogP contribution in [0.25, 0.3) is 0 Å². The molecule has 1 saturated heterocycles. The molecule has 1 aliphatic heterocycles. The van der Waals surface area contributed by atoms with Gasteiger partial charge in [0.1, 0.15) is 0 Å². The van der Waals surface area contributed by atoms with E-state index in [1.807, 2.05) is 20.8 Å². The first-order valence-corrected chi connectivity index (χ1v) is 7.47. The number of carbonyl (C=O) groups excluding carboxylic acids is 1. The minimum Gasteiger partial charge on any atom is -0.356 e. The zero-order valence-corrected chi connectivity index (χ0v) is 11.1. The molecule has 1 heterocycles. The third-order valence-corrected chi connectivity index (χ3v) is 4.45. The molecule has 1 fully saturated rings. The lowest BCUT2D eigenvalue weighted by atomic mass is 9.96. The summed E-state index contributed by atoms with van der Waals surface area (Å²) in [5, 5.41) is 2.84. The van der Waals surface area contributed by atoms with Crippen molar-refractivity contribution >= 4 is 15.7 Å². The molecule has 4 nitrogen and oxygen atoms in total. The summed E-state index contributed by atoms with van der Waals surface area (Å²) in [4.78, 5) is 11.6. The molecule has 16 heavy (non-hydrogen) atoms. The van der Waals surface area contributed by atoms with E-state index in [9.17, 15) is 13.2 Å². The molecule has 1 rings (SSSR count).